The van der Waals surface area contributed by atoms with E-state index in [0.717, 1.165) is 49.7 Å². The van der Waals surface area contributed by atoms with Crippen LogP contribution in [0.25, 0.3) is 0 Å². The molecule has 1 aliphatic heterocycles. The highest BCUT2D eigenvalue weighted by atomic mass is 16.3. The second-order valence-electron chi connectivity index (χ2n) is 7.29. The molecule has 1 aliphatic rings. The molecule has 2 aromatic heterocycles. The Bertz CT molecular complexity index is 760. The van der Waals surface area contributed by atoms with Crippen LogP contribution in [0.5, 0.6) is 0 Å². The van der Waals surface area contributed by atoms with Crippen LogP contribution in [0.1, 0.15) is 43.0 Å². The summed E-state index contributed by atoms with van der Waals surface area (Å²) >= 11 is 0. The van der Waals surface area contributed by atoms with Gasteiger partial charge in [-0.15, -0.1) is 0 Å². The zero-order chi connectivity index (χ0) is 19.2. The van der Waals surface area contributed by atoms with Crippen molar-refractivity contribution in [3.8, 4) is 0 Å². The van der Waals surface area contributed by atoms with Gasteiger partial charge < -0.3 is 15.1 Å². The summed E-state index contributed by atoms with van der Waals surface area (Å²) in [6, 6.07) is 6.01. The average molecular weight is 371 g/mol. The van der Waals surface area contributed by atoms with E-state index in [2.05, 4.69) is 21.9 Å². The van der Waals surface area contributed by atoms with E-state index in [4.69, 9.17) is 10.2 Å². The molecule has 2 aromatic rings. The molecule has 1 amide bonds. The number of aryl methyl sites for hydroxylation is 2. The summed E-state index contributed by atoms with van der Waals surface area (Å²) in [5.74, 6) is 3.23. The molecule has 7 nitrogen and oxygen atoms in total. The predicted octanol–water partition coefficient (Wildman–Crippen LogP) is 2.41. The number of nitrogens with zero attached hydrogens (tertiary/aromatic N) is 4. The Kier molecular flexibility index (Phi) is 6.45. The summed E-state index contributed by atoms with van der Waals surface area (Å²) in [5, 5.41) is 0. The summed E-state index contributed by atoms with van der Waals surface area (Å²) in [6.07, 6.45) is 5.91. The van der Waals surface area contributed by atoms with Gasteiger partial charge in [0.1, 0.15) is 23.2 Å². The first-order chi connectivity index (χ1) is 13.0. The molecular weight excluding hydrogens is 342 g/mol. The molecule has 2 N–H and O–H groups in total. The van der Waals surface area contributed by atoms with Crippen LogP contribution in [0.15, 0.2) is 28.8 Å². The molecule has 146 valence electrons. The Morgan fingerprint density at radius 1 is 1.33 bits per heavy atom. The molecule has 0 unspecified atom stereocenters. The third-order valence-electron chi connectivity index (χ3n) is 5.17. The van der Waals surface area contributed by atoms with Crippen molar-refractivity contribution in [2.45, 2.75) is 51.6 Å². The van der Waals surface area contributed by atoms with Crippen molar-refractivity contribution >= 4 is 11.7 Å². The van der Waals surface area contributed by atoms with Crippen molar-refractivity contribution in [1.29, 1.82) is 0 Å². The van der Waals surface area contributed by atoms with Crippen molar-refractivity contribution in [3.05, 3.63) is 41.7 Å². The lowest BCUT2D eigenvalue weighted by Gasteiger charge is -2.26. The maximum absolute atomic E-state index is 12.6. The number of carbonyl (C=O) groups is 1. The number of hydrogen-bond donors (Lipinski definition) is 1. The van der Waals surface area contributed by atoms with Gasteiger partial charge in [-0.25, -0.2) is 9.97 Å². The monoisotopic (exact) mass is 371 g/mol. The number of nitrogen functional groups attached to an aromatic ring is 1. The number of nitrogens with two attached hydrogens (primary N) is 1. The van der Waals surface area contributed by atoms with Crippen LogP contribution >= 0.6 is 0 Å². The van der Waals surface area contributed by atoms with Gasteiger partial charge >= 0.3 is 0 Å². The molecule has 1 saturated heterocycles. The maximum Gasteiger partial charge on any atom is 0.223 e. The minimum Gasteiger partial charge on any atom is -0.466 e. The summed E-state index contributed by atoms with van der Waals surface area (Å²) in [5.41, 5.74) is 5.74. The van der Waals surface area contributed by atoms with Crippen LogP contribution in [0.3, 0.4) is 0 Å². The highest BCUT2D eigenvalue weighted by Crippen LogP contribution is 2.18. The number of likely N-dealkylation sites (tertiary alicyclic amines) is 1. The van der Waals surface area contributed by atoms with Gasteiger partial charge in [0.2, 0.25) is 5.91 Å². The molecule has 0 aliphatic carbocycles. The number of rotatable bonds is 6. The van der Waals surface area contributed by atoms with Crippen LogP contribution in [-0.4, -0.2) is 51.9 Å². The molecule has 1 atom stereocenters. The predicted molar refractivity (Wildman–Crippen MR) is 104 cm³/mol. The topological polar surface area (TPSA) is 88.5 Å². The van der Waals surface area contributed by atoms with E-state index in [-0.39, 0.29) is 5.91 Å². The Morgan fingerprint density at radius 2 is 2.19 bits per heavy atom. The second-order valence-corrected chi connectivity index (χ2v) is 7.29. The zero-order valence-electron chi connectivity index (χ0n) is 16.2. The fraction of sp³-hybridized carbons (Fsp3) is 0.550. The smallest absolute Gasteiger partial charge is 0.223 e. The van der Waals surface area contributed by atoms with E-state index in [1.807, 2.05) is 24.0 Å². The molecule has 7 heteroatoms. The first kappa shape index (κ1) is 19.4. The largest absolute Gasteiger partial charge is 0.466 e. The van der Waals surface area contributed by atoms with E-state index in [9.17, 15) is 4.79 Å². The lowest BCUT2D eigenvalue weighted by Crippen LogP contribution is -2.35. The number of anilines is 1. The van der Waals surface area contributed by atoms with Crippen molar-refractivity contribution in [3.63, 3.8) is 0 Å². The molecule has 0 saturated carbocycles. The van der Waals surface area contributed by atoms with Crippen LogP contribution in [0.4, 0.5) is 5.82 Å². The van der Waals surface area contributed by atoms with Gasteiger partial charge in [-0.1, -0.05) is 0 Å². The van der Waals surface area contributed by atoms with Crippen LogP contribution in [-0.2, 0) is 17.8 Å². The number of hydrogen-bond acceptors (Lipinski definition) is 6. The minimum absolute atomic E-state index is 0.214. The van der Waals surface area contributed by atoms with Crippen molar-refractivity contribution in [1.82, 2.24) is 19.8 Å². The first-order valence-corrected chi connectivity index (χ1v) is 9.62. The van der Waals surface area contributed by atoms with Gasteiger partial charge in [0, 0.05) is 38.2 Å². The van der Waals surface area contributed by atoms with Crippen LogP contribution in [0.2, 0.25) is 0 Å². The van der Waals surface area contributed by atoms with Gasteiger partial charge in [0.15, 0.2) is 0 Å². The number of amides is 1. The van der Waals surface area contributed by atoms with E-state index < -0.39 is 0 Å². The Balaban J connectivity index is 1.48. The fourth-order valence-corrected chi connectivity index (χ4v) is 3.62. The van der Waals surface area contributed by atoms with Crippen LogP contribution in [0, 0.1) is 6.92 Å². The average Bonchev–Trinajstić information content (AvgIpc) is 2.90. The quantitative estimate of drug-likeness (QED) is 0.839. The Morgan fingerprint density at radius 3 is 2.93 bits per heavy atom. The van der Waals surface area contributed by atoms with Crippen molar-refractivity contribution in [2.24, 2.45) is 0 Å². The molecule has 1 fully saturated rings. The molecule has 0 bridgehead atoms. The third kappa shape index (κ3) is 5.53. The maximum atomic E-state index is 12.6. The van der Waals surface area contributed by atoms with Crippen molar-refractivity contribution in [2.75, 3.05) is 25.9 Å². The normalized spacial score (nSPS) is 17.9. The summed E-state index contributed by atoms with van der Waals surface area (Å²) in [4.78, 5) is 25.4. The SMILES string of the molecule is Cc1ccc(CCC(=O)N2CCC[C@H](N(C)Cc3nccc(N)n3)CC2)o1. The Hall–Kier alpha value is -2.41. The first-order valence-electron chi connectivity index (χ1n) is 9.62. The van der Waals surface area contributed by atoms with Crippen molar-refractivity contribution < 1.29 is 9.21 Å². The van der Waals surface area contributed by atoms with E-state index in [0.29, 0.717) is 31.2 Å². The second kappa shape index (κ2) is 8.99. The molecular formula is C20H29N5O2. The van der Waals surface area contributed by atoms with Gasteiger partial charge in [-0.3, -0.25) is 9.69 Å². The summed E-state index contributed by atoms with van der Waals surface area (Å²) in [7, 11) is 2.09. The standard InChI is InChI=1S/C20H29N5O2/c1-15-5-6-17(27-15)7-8-20(26)25-12-3-4-16(10-13-25)24(2)14-19-22-11-9-18(21)23-19/h5-6,9,11,16H,3-4,7-8,10,12-14H2,1-2H3,(H2,21,22,23)/t16-/m0/s1. The fourth-order valence-electron chi connectivity index (χ4n) is 3.62. The number of aromatic nitrogens is 2. The van der Waals surface area contributed by atoms with Gasteiger partial charge in [0.05, 0.1) is 6.54 Å². The zero-order valence-corrected chi connectivity index (χ0v) is 16.2. The van der Waals surface area contributed by atoms with Gasteiger partial charge in [-0.05, 0) is 51.4 Å². The summed E-state index contributed by atoms with van der Waals surface area (Å²) < 4.78 is 5.56. The molecule has 3 heterocycles. The third-order valence-corrected chi connectivity index (χ3v) is 5.17. The molecule has 0 aromatic carbocycles. The number of carbonyl (C=O) groups excluding carboxylic acids is 1. The molecule has 0 spiro atoms. The molecule has 3 rings (SSSR count). The highest BCUT2D eigenvalue weighted by molar-refractivity contribution is 5.76. The number of furan rings is 1. The lowest BCUT2D eigenvalue weighted by atomic mass is 10.1. The van der Waals surface area contributed by atoms with Gasteiger partial charge in [0.25, 0.3) is 0 Å². The van der Waals surface area contributed by atoms with E-state index >= 15 is 0 Å². The van der Waals surface area contributed by atoms with Gasteiger partial charge in [-0.2, -0.15) is 0 Å². The van der Waals surface area contributed by atoms with E-state index in [1.165, 1.54) is 0 Å². The van der Waals surface area contributed by atoms with E-state index in [1.54, 1.807) is 12.3 Å². The summed E-state index contributed by atoms with van der Waals surface area (Å²) in [6.45, 7) is 4.21. The highest BCUT2D eigenvalue weighted by Gasteiger charge is 2.23. The lowest BCUT2D eigenvalue weighted by molar-refractivity contribution is -0.131. The molecule has 0 radical (unpaired) electrons. The molecule has 27 heavy (non-hydrogen) atoms. The van der Waals surface area contributed by atoms with Crippen LogP contribution < -0.4 is 5.73 Å². The minimum atomic E-state index is 0.214. The Labute approximate surface area is 160 Å².